The van der Waals surface area contributed by atoms with Gasteiger partial charge in [-0.1, -0.05) is 51.1 Å². The summed E-state index contributed by atoms with van der Waals surface area (Å²) in [7, 11) is 2.36. The monoisotopic (exact) mass is 365 g/mol. The van der Waals surface area contributed by atoms with Crippen molar-refractivity contribution < 1.29 is 0 Å². The average Bonchev–Trinajstić information content (AvgIpc) is 2.93. The Bertz CT molecular complexity index is 503. The van der Waals surface area contributed by atoms with E-state index in [1.54, 1.807) is 0 Å². The second-order valence-corrected chi connectivity index (χ2v) is 8.78. The van der Waals surface area contributed by atoms with E-state index in [1.165, 1.54) is 44.7 Å². The van der Waals surface area contributed by atoms with Crippen molar-refractivity contribution in [1.29, 1.82) is 0 Å². The number of rotatable bonds is 5. The molecule has 0 aromatic heterocycles. The second-order valence-electron chi connectivity index (χ2n) is 8.78. The van der Waals surface area contributed by atoms with Crippen LogP contribution in [0.3, 0.4) is 0 Å². The Hall–Kier alpha value is -0.610. The van der Waals surface area contributed by atoms with Gasteiger partial charge in [0, 0.05) is 38.8 Å². The highest BCUT2D eigenvalue weighted by Crippen LogP contribution is 2.31. The van der Waals surface area contributed by atoms with Crippen LogP contribution < -0.4 is 5.32 Å². The fourth-order valence-corrected chi connectivity index (χ4v) is 5.22. The number of nitrogens with one attached hydrogen (secondary N) is 1. The summed E-state index contributed by atoms with van der Waals surface area (Å²) < 4.78 is 0. The zero-order valence-electron chi connectivity index (χ0n) is 16.4. The summed E-state index contributed by atoms with van der Waals surface area (Å²) in [6.07, 6.45) is 1.31. The van der Waals surface area contributed by atoms with Crippen molar-refractivity contribution in [2.45, 2.75) is 39.8 Å². The molecule has 0 spiro atoms. The quantitative estimate of drug-likeness (QED) is 0.861. The van der Waals surface area contributed by atoms with Gasteiger partial charge in [0.25, 0.3) is 0 Å². The highest BCUT2D eigenvalue weighted by molar-refractivity contribution is 5.85. The Morgan fingerprint density at radius 3 is 2.36 bits per heavy atom. The Morgan fingerprint density at radius 2 is 1.80 bits per heavy atom. The molecule has 3 unspecified atom stereocenters. The van der Waals surface area contributed by atoms with Crippen LogP contribution in [0.4, 0.5) is 0 Å². The Morgan fingerprint density at radius 1 is 1.16 bits per heavy atom. The lowest BCUT2D eigenvalue weighted by atomic mass is 9.82. The van der Waals surface area contributed by atoms with Crippen LogP contribution in [0.2, 0.25) is 0 Å². The van der Waals surface area contributed by atoms with Gasteiger partial charge >= 0.3 is 0 Å². The Balaban J connectivity index is 0.00000225. The summed E-state index contributed by atoms with van der Waals surface area (Å²) in [6, 6.07) is 11.6. The van der Waals surface area contributed by atoms with E-state index >= 15 is 0 Å². The minimum absolute atomic E-state index is 0. The molecule has 1 aromatic carbocycles. The molecule has 0 aliphatic carbocycles. The highest BCUT2D eigenvalue weighted by Gasteiger charge is 2.38. The largest absolute Gasteiger partial charge is 0.316 e. The van der Waals surface area contributed by atoms with Gasteiger partial charge in [0.15, 0.2) is 0 Å². The van der Waals surface area contributed by atoms with Crippen LogP contribution in [0.5, 0.6) is 0 Å². The lowest BCUT2D eigenvalue weighted by Crippen LogP contribution is -2.55. The smallest absolute Gasteiger partial charge is 0.0233 e. The fraction of sp³-hybridized carbons (Fsp3) is 0.714. The van der Waals surface area contributed by atoms with Crippen molar-refractivity contribution in [3.63, 3.8) is 0 Å². The first-order chi connectivity index (χ1) is 11.5. The van der Waals surface area contributed by atoms with Gasteiger partial charge in [0.1, 0.15) is 0 Å². The minimum Gasteiger partial charge on any atom is -0.316 e. The zero-order valence-corrected chi connectivity index (χ0v) is 17.2. The zero-order chi connectivity index (χ0) is 17.2. The number of halogens is 1. The molecular weight excluding hydrogens is 330 g/mol. The van der Waals surface area contributed by atoms with Crippen molar-refractivity contribution >= 4 is 12.4 Å². The fourth-order valence-electron chi connectivity index (χ4n) is 5.22. The molecule has 1 N–H and O–H groups in total. The van der Waals surface area contributed by atoms with Gasteiger partial charge in [0.05, 0.1) is 0 Å². The first kappa shape index (κ1) is 20.7. The van der Waals surface area contributed by atoms with Gasteiger partial charge in [-0.25, -0.2) is 0 Å². The Kier molecular flexibility index (Phi) is 7.33. The second kappa shape index (κ2) is 8.85. The molecule has 2 aliphatic rings. The third kappa shape index (κ3) is 5.19. The molecule has 3 atom stereocenters. The number of benzene rings is 1. The number of likely N-dealkylation sites (tertiary alicyclic amines) is 1. The Labute approximate surface area is 160 Å². The molecule has 25 heavy (non-hydrogen) atoms. The molecule has 3 rings (SSSR count). The van der Waals surface area contributed by atoms with Crippen molar-refractivity contribution in [3.8, 4) is 0 Å². The van der Waals surface area contributed by atoms with Crippen LogP contribution in [0.1, 0.15) is 32.8 Å². The standard InChI is InChI=1S/C21H35N3.ClH/c1-17-12-24(14-19-8-6-5-7-9-19)13-18(2)20(17)23(4)16-21(3)10-11-22-15-21;/h5-9,17-18,20,22H,10-16H2,1-4H3;1H. The van der Waals surface area contributed by atoms with Gasteiger partial charge in [-0.3, -0.25) is 4.90 Å². The summed E-state index contributed by atoms with van der Waals surface area (Å²) in [5, 5.41) is 3.54. The molecule has 142 valence electrons. The van der Waals surface area contributed by atoms with E-state index in [2.05, 4.69) is 73.3 Å². The van der Waals surface area contributed by atoms with Gasteiger partial charge < -0.3 is 10.2 Å². The normalized spacial score (nSPS) is 33.4. The summed E-state index contributed by atoms with van der Waals surface area (Å²) in [5.74, 6) is 1.45. The molecule has 0 saturated carbocycles. The van der Waals surface area contributed by atoms with Crippen molar-refractivity contribution in [2.75, 3.05) is 39.8 Å². The van der Waals surface area contributed by atoms with Gasteiger partial charge in [-0.15, -0.1) is 12.4 Å². The topological polar surface area (TPSA) is 18.5 Å². The van der Waals surface area contributed by atoms with E-state index in [4.69, 9.17) is 0 Å². The summed E-state index contributed by atoms with van der Waals surface area (Å²) in [5.41, 5.74) is 1.89. The summed E-state index contributed by atoms with van der Waals surface area (Å²) in [6.45, 7) is 14.4. The molecule has 2 aliphatic heterocycles. The molecule has 1 aromatic rings. The van der Waals surface area contributed by atoms with Crippen LogP contribution in [0, 0.1) is 17.3 Å². The minimum atomic E-state index is 0. The van der Waals surface area contributed by atoms with Crippen molar-refractivity contribution in [1.82, 2.24) is 15.1 Å². The maximum Gasteiger partial charge on any atom is 0.0233 e. The van der Waals surface area contributed by atoms with Gasteiger partial charge in [-0.05, 0) is 42.8 Å². The molecule has 0 amide bonds. The van der Waals surface area contributed by atoms with Crippen LogP contribution >= 0.6 is 12.4 Å². The van der Waals surface area contributed by atoms with Gasteiger partial charge in [-0.2, -0.15) is 0 Å². The van der Waals surface area contributed by atoms with E-state index in [0.29, 0.717) is 11.5 Å². The van der Waals surface area contributed by atoms with E-state index in [1.807, 2.05) is 0 Å². The highest BCUT2D eigenvalue weighted by atomic mass is 35.5. The number of nitrogens with zero attached hydrogens (tertiary/aromatic N) is 2. The molecule has 0 radical (unpaired) electrons. The molecular formula is C21H36ClN3. The van der Waals surface area contributed by atoms with E-state index < -0.39 is 0 Å². The molecule has 2 fully saturated rings. The first-order valence-electron chi connectivity index (χ1n) is 9.64. The van der Waals surface area contributed by atoms with Gasteiger partial charge in [0.2, 0.25) is 0 Å². The molecule has 4 heteroatoms. The molecule has 3 nitrogen and oxygen atoms in total. The molecule has 2 saturated heterocycles. The summed E-state index contributed by atoms with van der Waals surface area (Å²) >= 11 is 0. The maximum absolute atomic E-state index is 3.54. The van der Waals surface area contributed by atoms with Crippen LogP contribution in [0.15, 0.2) is 30.3 Å². The average molecular weight is 366 g/mol. The van der Waals surface area contributed by atoms with Crippen molar-refractivity contribution in [2.24, 2.45) is 17.3 Å². The van der Waals surface area contributed by atoms with Crippen LogP contribution in [-0.2, 0) is 6.54 Å². The summed E-state index contributed by atoms with van der Waals surface area (Å²) in [4.78, 5) is 5.32. The van der Waals surface area contributed by atoms with Crippen LogP contribution in [-0.4, -0.2) is 55.6 Å². The number of hydrogen-bond acceptors (Lipinski definition) is 3. The van der Waals surface area contributed by atoms with E-state index in [9.17, 15) is 0 Å². The predicted molar refractivity (Wildman–Crippen MR) is 109 cm³/mol. The van der Waals surface area contributed by atoms with E-state index in [0.717, 1.165) is 18.4 Å². The lowest BCUT2D eigenvalue weighted by molar-refractivity contribution is 0.0168. The number of hydrogen-bond donors (Lipinski definition) is 1. The molecule has 0 bridgehead atoms. The maximum atomic E-state index is 3.54. The predicted octanol–water partition coefficient (Wildman–Crippen LogP) is 3.50. The lowest BCUT2D eigenvalue weighted by Gasteiger charge is -2.47. The number of piperidine rings is 1. The third-order valence-electron chi connectivity index (χ3n) is 6.10. The first-order valence-corrected chi connectivity index (χ1v) is 9.64. The third-order valence-corrected chi connectivity index (χ3v) is 6.10. The van der Waals surface area contributed by atoms with Crippen molar-refractivity contribution in [3.05, 3.63) is 35.9 Å². The molecule has 2 heterocycles. The van der Waals surface area contributed by atoms with Crippen LogP contribution in [0.25, 0.3) is 0 Å². The van der Waals surface area contributed by atoms with E-state index in [-0.39, 0.29) is 12.4 Å². The SMILES string of the molecule is CC1CN(Cc2ccccc2)CC(C)C1N(C)CC1(C)CCNC1.Cl.